The Kier molecular flexibility index (Phi) is 5.59. The van der Waals surface area contributed by atoms with Gasteiger partial charge in [-0.1, -0.05) is 13.8 Å². The molecule has 1 aromatic heterocycles. The zero-order chi connectivity index (χ0) is 14.4. The number of nitrogens with zero attached hydrogens (tertiary/aromatic N) is 2. The van der Waals surface area contributed by atoms with Gasteiger partial charge in [-0.05, 0) is 25.7 Å². The molecule has 1 N–H and O–H groups in total. The molecular weight excluding hydrogens is 254 g/mol. The van der Waals surface area contributed by atoms with E-state index in [1.165, 1.54) is 0 Å². The highest BCUT2D eigenvalue weighted by Crippen LogP contribution is 2.17. The van der Waals surface area contributed by atoms with Crippen LogP contribution in [-0.2, 0) is 11.2 Å². The van der Waals surface area contributed by atoms with Gasteiger partial charge < -0.3 is 14.8 Å². The topological polar surface area (TPSA) is 56.3 Å². The van der Waals surface area contributed by atoms with E-state index in [2.05, 4.69) is 29.1 Å². The number of rotatable bonds is 7. The van der Waals surface area contributed by atoms with Gasteiger partial charge in [-0.3, -0.25) is 0 Å². The summed E-state index contributed by atoms with van der Waals surface area (Å²) in [6.07, 6.45) is 3.43. The van der Waals surface area contributed by atoms with Crippen LogP contribution in [0, 0.1) is 5.92 Å². The molecule has 0 bridgehead atoms. The zero-order valence-corrected chi connectivity index (χ0v) is 12.7. The molecule has 0 saturated carbocycles. The molecule has 0 radical (unpaired) electrons. The minimum absolute atomic E-state index is 0.300. The SMILES string of the molecule is CCOc1cc(NCC2CCCO2)nc(CC(C)C)n1. The minimum atomic E-state index is 0.300. The summed E-state index contributed by atoms with van der Waals surface area (Å²) in [5.41, 5.74) is 0. The van der Waals surface area contributed by atoms with Crippen molar-refractivity contribution in [2.24, 2.45) is 5.92 Å². The van der Waals surface area contributed by atoms with E-state index in [0.29, 0.717) is 24.5 Å². The highest BCUT2D eigenvalue weighted by molar-refractivity contribution is 5.38. The second-order valence-corrected chi connectivity index (χ2v) is 5.55. The smallest absolute Gasteiger partial charge is 0.218 e. The van der Waals surface area contributed by atoms with Gasteiger partial charge in [0.2, 0.25) is 5.88 Å². The van der Waals surface area contributed by atoms with E-state index in [1.807, 2.05) is 13.0 Å². The van der Waals surface area contributed by atoms with Gasteiger partial charge in [0.1, 0.15) is 11.6 Å². The highest BCUT2D eigenvalue weighted by atomic mass is 16.5. The van der Waals surface area contributed by atoms with E-state index in [-0.39, 0.29) is 0 Å². The summed E-state index contributed by atoms with van der Waals surface area (Å²) < 4.78 is 11.1. The second kappa shape index (κ2) is 7.43. The first-order chi connectivity index (χ1) is 9.67. The fourth-order valence-corrected chi connectivity index (χ4v) is 2.27. The van der Waals surface area contributed by atoms with Crippen LogP contribution in [0.2, 0.25) is 0 Å². The lowest BCUT2D eigenvalue weighted by Crippen LogP contribution is -2.19. The van der Waals surface area contributed by atoms with E-state index < -0.39 is 0 Å². The van der Waals surface area contributed by atoms with Crippen LogP contribution in [0.25, 0.3) is 0 Å². The molecule has 0 amide bonds. The molecule has 0 aliphatic carbocycles. The molecule has 1 fully saturated rings. The number of nitrogens with one attached hydrogen (secondary N) is 1. The normalized spacial score (nSPS) is 18.5. The van der Waals surface area contributed by atoms with Crippen molar-refractivity contribution < 1.29 is 9.47 Å². The maximum absolute atomic E-state index is 5.61. The zero-order valence-electron chi connectivity index (χ0n) is 12.7. The molecule has 0 aromatic carbocycles. The van der Waals surface area contributed by atoms with Gasteiger partial charge in [0.25, 0.3) is 0 Å². The molecule has 1 aliphatic heterocycles. The molecule has 2 rings (SSSR count). The van der Waals surface area contributed by atoms with Crippen molar-refractivity contribution in [3.63, 3.8) is 0 Å². The molecule has 1 aliphatic rings. The summed E-state index contributed by atoms with van der Waals surface area (Å²) in [5, 5.41) is 3.34. The first-order valence-electron chi connectivity index (χ1n) is 7.53. The Balaban J connectivity index is 2.02. The maximum atomic E-state index is 5.61. The van der Waals surface area contributed by atoms with Gasteiger partial charge in [0.05, 0.1) is 12.7 Å². The predicted octanol–water partition coefficient (Wildman–Crippen LogP) is 2.66. The van der Waals surface area contributed by atoms with Gasteiger partial charge in [-0.2, -0.15) is 4.98 Å². The van der Waals surface area contributed by atoms with Crippen LogP contribution in [0.15, 0.2) is 6.07 Å². The molecule has 112 valence electrons. The van der Waals surface area contributed by atoms with E-state index in [0.717, 1.165) is 44.1 Å². The standard InChI is InChI=1S/C15H25N3O2/c1-4-19-15-9-13(16-10-12-6-5-7-20-12)17-14(18-15)8-11(2)3/h9,11-12H,4-8,10H2,1-3H3,(H,16,17,18). The average molecular weight is 279 g/mol. The summed E-state index contributed by atoms with van der Waals surface area (Å²) in [6.45, 7) is 8.57. The van der Waals surface area contributed by atoms with E-state index >= 15 is 0 Å². The van der Waals surface area contributed by atoms with Gasteiger partial charge in [0, 0.05) is 25.6 Å². The maximum Gasteiger partial charge on any atom is 0.218 e. The number of hydrogen-bond donors (Lipinski definition) is 1. The van der Waals surface area contributed by atoms with Crippen LogP contribution in [-0.4, -0.2) is 35.8 Å². The molecule has 2 heterocycles. The van der Waals surface area contributed by atoms with Crippen LogP contribution in [0.4, 0.5) is 5.82 Å². The Bertz CT molecular complexity index is 418. The summed E-state index contributed by atoms with van der Waals surface area (Å²) in [6, 6.07) is 1.86. The van der Waals surface area contributed by atoms with Gasteiger partial charge >= 0.3 is 0 Å². The van der Waals surface area contributed by atoms with Gasteiger partial charge in [-0.15, -0.1) is 0 Å². The summed E-state index contributed by atoms with van der Waals surface area (Å²) in [5.74, 6) is 2.83. The van der Waals surface area contributed by atoms with Crippen molar-refractivity contribution in [3.05, 3.63) is 11.9 Å². The first-order valence-corrected chi connectivity index (χ1v) is 7.53. The van der Waals surface area contributed by atoms with Crippen molar-refractivity contribution in [2.45, 2.75) is 46.1 Å². The largest absolute Gasteiger partial charge is 0.478 e. The summed E-state index contributed by atoms with van der Waals surface area (Å²) in [4.78, 5) is 9.00. The quantitative estimate of drug-likeness (QED) is 0.831. The number of ether oxygens (including phenoxy) is 2. The van der Waals surface area contributed by atoms with Crippen LogP contribution >= 0.6 is 0 Å². The Hall–Kier alpha value is -1.36. The van der Waals surface area contributed by atoms with Crippen molar-refractivity contribution in [2.75, 3.05) is 25.1 Å². The number of hydrogen-bond acceptors (Lipinski definition) is 5. The third-order valence-corrected chi connectivity index (χ3v) is 3.17. The van der Waals surface area contributed by atoms with Crippen LogP contribution in [0.3, 0.4) is 0 Å². The van der Waals surface area contributed by atoms with Gasteiger partial charge in [-0.25, -0.2) is 4.98 Å². The molecule has 5 nitrogen and oxygen atoms in total. The van der Waals surface area contributed by atoms with E-state index in [4.69, 9.17) is 9.47 Å². The Morgan fingerprint density at radius 2 is 2.30 bits per heavy atom. The molecular formula is C15H25N3O2. The van der Waals surface area contributed by atoms with Crippen molar-refractivity contribution in [1.29, 1.82) is 0 Å². The number of aromatic nitrogens is 2. The fourth-order valence-electron chi connectivity index (χ4n) is 2.27. The molecule has 1 unspecified atom stereocenters. The Morgan fingerprint density at radius 3 is 2.95 bits per heavy atom. The third kappa shape index (κ3) is 4.63. The predicted molar refractivity (Wildman–Crippen MR) is 79.2 cm³/mol. The molecule has 0 spiro atoms. The summed E-state index contributed by atoms with van der Waals surface area (Å²) in [7, 11) is 0. The lowest BCUT2D eigenvalue weighted by Gasteiger charge is -2.13. The molecule has 1 atom stereocenters. The highest BCUT2D eigenvalue weighted by Gasteiger charge is 2.15. The molecule has 1 saturated heterocycles. The summed E-state index contributed by atoms with van der Waals surface area (Å²) >= 11 is 0. The third-order valence-electron chi connectivity index (χ3n) is 3.17. The van der Waals surface area contributed by atoms with Crippen LogP contribution in [0.5, 0.6) is 5.88 Å². The number of anilines is 1. The second-order valence-electron chi connectivity index (χ2n) is 5.55. The van der Waals surface area contributed by atoms with Gasteiger partial charge in [0.15, 0.2) is 0 Å². The first kappa shape index (κ1) is 15.0. The van der Waals surface area contributed by atoms with E-state index in [1.54, 1.807) is 0 Å². The Morgan fingerprint density at radius 1 is 1.45 bits per heavy atom. The molecule has 5 heteroatoms. The lowest BCUT2D eigenvalue weighted by atomic mass is 10.1. The Labute approximate surface area is 121 Å². The van der Waals surface area contributed by atoms with Crippen molar-refractivity contribution in [3.8, 4) is 5.88 Å². The van der Waals surface area contributed by atoms with Crippen LogP contribution in [0.1, 0.15) is 39.4 Å². The fraction of sp³-hybridized carbons (Fsp3) is 0.733. The minimum Gasteiger partial charge on any atom is -0.478 e. The van der Waals surface area contributed by atoms with Crippen molar-refractivity contribution >= 4 is 5.82 Å². The monoisotopic (exact) mass is 279 g/mol. The van der Waals surface area contributed by atoms with Crippen molar-refractivity contribution in [1.82, 2.24) is 9.97 Å². The molecule has 1 aromatic rings. The van der Waals surface area contributed by atoms with Crippen LogP contribution < -0.4 is 10.1 Å². The lowest BCUT2D eigenvalue weighted by molar-refractivity contribution is 0.120. The average Bonchev–Trinajstić information content (AvgIpc) is 2.89. The molecule has 20 heavy (non-hydrogen) atoms. The van der Waals surface area contributed by atoms with E-state index in [9.17, 15) is 0 Å².